The number of nitrogens with one attached hydrogen (secondary N) is 1. The maximum absolute atomic E-state index is 12.9. The topological polar surface area (TPSA) is 77.1 Å². The zero-order chi connectivity index (χ0) is 25.8. The highest BCUT2D eigenvalue weighted by Crippen LogP contribution is 2.36. The summed E-state index contributed by atoms with van der Waals surface area (Å²) in [5, 5.41) is 3.60. The molecule has 2 atom stereocenters. The molecule has 9 heteroatoms. The first-order valence-electron chi connectivity index (χ1n) is 11.5. The van der Waals surface area contributed by atoms with Gasteiger partial charge in [0.1, 0.15) is 23.9 Å². The first kappa shape index (κ1) is 25.7. The number of fused-ring (bicyclic) bond motifs is 1. The summed E-state index contributed by atoms with van der Waals surface area (Å²) in [6.45, 7) is 5.92. The van der Waals surface area contributed by atoms with Crippen LogP contribution in [0.4, 0.5) is 11.4 Å². The van der Waals surface area contributed by atoms with Gasteiger partial charge in [-0.25, -0.2) is 0 Å². The van der Waals surface area contributed by atoms with Crippen molar-refractivity contribution in [2.45, 2.75) is 33.0 Å². The van der Waals surface area contributed by atoms with E-state index in [9.17, 15) is 9.59 Å². The van der Waals surface area contributed by atoms with Gasteiger partial charge in [0.05, 0.1) is 17.3 Å². The Balaban J connectivity index is 1.45. The molecule has 0 saturated carbocycles. The molecule has 3 aromatic rings. The minimum absolute atomic E-state index is 0.187. The van der Waals surface area contributed by atoms with Crippen LogP contribution in [-0.2, 0) is 9.59 Å². The molecule has 0 radical (unpaired) electrons. The van der Waals surface area contributed by atoms with Crippen LogP contribution in [0.2, 0.25) is 10.0 Å². The standard InChI is InChI=1S/C27H26Cl2N2O5/c1-16-5-4-6-21(13-16)34-12-11-31-23-15-20(8-10-25(23)36-18(3)27(31)33)30-26(32)17(2)35-24-9-7-19(28)14-22(24)29/h4-10,13-15,17-18H,11-12H2,1-3H3,(H,30,32). The Hall–Kier alpha value is -3.42. The van der Waals surface area contributed by atoms with Gasteiger partial charge in [-0.05, 0) is 74.9 Å². The molecule has 188 valence electrons. The van der Waals surface area contributed by atoms with Crippen molar-refractivity contribution < 1.29 is 23.8 Å². The molecule has 0 aliphatic carbocycles. The summed E-state index contributed by atoms with van der Waals surface area (Å²) in [4.78, 5) is 27.3. The van der Waals surface area contributed by atoms with E-state index >= 15 is 0 Å². The Kier molecular flexibility index (Phi) is 7.91. The SMILES string of the molecule is Cc1cccc(OCCN2C(=O)C(C)Oc3ccc(NC(=O)C(C)Oc4ccc(Cl)cc4Cl)cc32)c1. The molecule has 1 aliphatic rings. The van der Waals surface area contributed by atoms with Gasteiger partial charge in [0.25, 0.3) is 11.8 Å². The number of hydrogen-bond acceptors (Lipinski definition) is 5. The van der Waals surface area contributed by atoms with Crippen LogP contribution in [0.15, 0.2) is 60.7 Å². The number of aryl methyl sites for hydroxylation is 1. The van der Waals surface area contributed by atoms with Gasteiger partial charge in [0.15, 0.2) is 12.2 Å². The van der Waals surface area contributed by atoms with Gasteiger partial charge in [0.2, 0.25) is 0 Å². The molecule has 0 saturated heterocycles. The van der Waals surface area contributed by atoms with Crippen molar-refractivity contribution in [2.75, 3.05) is 23.4 Å². The molecule has 4 rings (SSSR count). The zero-order valence-electron chi connectivity index (χ0n) is 20.1. The largest absolute Gasteiger partial charge is 0.492 e. The molecule has 0 aromatic heterocycles. The van der Waals surface area contributed by atoms with Crippen LogP contribution in [0, 0.1) is 6.92 Å². The van der Waals surface area contributed by atoms with Gasteiger partial charge in [-0.1, -0.05) is 35.3 Å². The van der Waals surface area contributed by atoms with E-state index in [4.69, 9.17) is 37.4 Å². The highest BCUT2D eigenvalue weighted by atomic mass is 35.5. The summed E-state index contributed by atoms with van der Waals surface area (Å²) >= 11 is 12.1. The van der Waals surface area contributed by atoms with Crippen LogP contribution in [0.1, 0.15) is 19.4 Å². The second-order valence-corrected chi connectivity index (χ2v) is 9.27. The number of rotatable bonds is 8. The van der Waals surface area contributed by atoms with Crippen LogP contribution in [-0.4, -0.2) is 37.2 Å². The molecule has 7 nitrogen and oxygen atoms in total. The molecule has 1 aliphatic heterocycles. The molecule has 0 bridgehead atoms. The Morgan fingerprint density at radius 3 is 2.69 bits per heavy atom. The molecule has 1 heterocycles. The van der Waals surface area contributed by atoms with E-state index in [2.05, 4.69) is 5.32 Å². The first-order chi connectivity index (χ1) is 17.2. The third-order valence-electron chi connectivity index (χ3n) is 5.57. The Labute approximate surface area is 219 Å². The Morgan fingerprint density at radius 2 is 1.94 bits per heavy atom. The lowest BCUT2D eigenvalue weighted by Crippen LogP contribution is -2.46. The van der Waals surface area contributed by atoms with Gasteiger partial charge in [0, 0.05) is 10.7 Å². The molecule has 1 N–H and O–H groups in total. The first-order valence-corrected chi connectivity index (χ1v) is 12.2. The summed E-state index contributed by atoms with van der Waals surface area (Å²) in [5.74, 6) is 1.06. The smallest absolute Gasteiger partial charge is 0.267 e. The molecule has 36 heavy (non-hydrogen) atoms. The van der Waals surface area contributed by atoms with E-state index in [-0.39, 0.29) is 11.8 Å². The van der Waals surface area contributed by atoms with Crippen molar-refractivity contribution in [3.63, 3.8) is 0 Å². The van der Waals surface area contributed by atoms with Gasteiger partial charge in [-0.2, -0.15) is 0 Å². The molecular weight excluding hydrogens is 503 g/mol. The van der Waals surface area contributed by atoms with E-state index in [1.165, 1.54) is 0 Å². The average molecular weight is 529 g/mol. The number of benzene rings is 3. The van der Waals surface area contributed by atoms with Crippen molar-refractivity contribution in [1.82, 2.24) is 0 Å². The summed E-state index contributed by atoms with van der Waals surface area (Å²) in [7, 11) is 0. The molecular formula is C27H26Cl2N2O5. The normalized spacial score (nSPS) is 15.5. The number of carbonyl (C=O) groups excluding carboxylic acids is 2. The molecule has 2 amide bonds. The van der Waals surface area contributed by atoms with Gasteiger partial charge in [-0.15, -0.1) is 0 Å². The summed E-state index contributed by atoms with van der Waals surface area (Å²) < 4.78 is 17.3. The van der Waals surface area contributed by atoms with Crippen molar-refractivity contribution in [2.24, 2.45) is 0 Å². The number of ether oxygens (including phenoxy) is 3. The fourth-order valence-corrected chi connectivity index (χ4v) is 4.19. The highest BCUT2D eigenvalue weighted by molar-refractivity contribution is 6.35. The number of anilines is 2. The number of amides is 2. The Morgan fingerprint density at radius 1 is 1.14 bits per heavy atom. The molecule has 2 unspecified atom stereocenters. The second kappa shape index (κ2) is 11.1. The van der Waals surface area contributed by atoms with Crippen molar-refractivity contribution >= 4 is 46.4 Å². The minimum Gasteiger partial charge on any atom is -0.492 e. The number of hydrogen-bond donors (Lipinski definition) is 1. The highest BCUT2D eigenvalue weighted by Gasteiger charge is 2.32. The maximum Gasteiger partial charge on any atom is 0.267 e. The van der Waals surface area contributed by atoms with E-state index in [0.717, 1.165) is 11.3 Å². The fourth-order valence-electron chi connectivity index (χ4n) is 3.73. The number of nitrogens with zero attached hydrogens (tertiary/aromatic N) is 1. The summed E-state index contributed by atoms with van der Waals surface area (Å²) in [6.07, 6.45) is -1.47. The van der Waals surface area contributed by atoms with Gasteiger partial charge < -0.3 is 24.4 Å². The van der Waals surface area contributed by atoms with E-state index < -0.39 is 12.2 Å². The van der Waals surface area contributed by atoms with Crippen LogP contribution in [0.5, 0.6) is 17.2 Å². The summed E-state index contributed by atoms with van der Waals surface area (Å²) in [5.41, 5.74) is 2.14. The lowest BCUT2D eigenvalue weighted by Gasteiger charge is -2.33. The average Bonchev–Trinajstić information content (AvgIpc) is 2.83. The maximum atomic E-state index is 12.9. The summed E-state index contributed by atoms with van der Waals surface area (Å²) in [6, 6.07) is 17.6. The lowest BCUT2D eigenvalue weighted by atomic mass is 10.1. The quantitative estimate of drug-likeness (QED) is 0.393. The van der Waals surface area contributed by atoms with Crippen molar-refractivity contribution in [1.29, 1.82) is 0 Å². The van der Waals surface area contributed by atoms with E-state index in [1.807, 2.05) is 31.2 Å². The zero-order valence-corrected chi connectivity index (χ0v) is 21.6. The predicted molar refractivity (Wildman–Crippen MR) is 141 cm³/mol. The van der Waals surface area contributed by atoms with E-state index in [1.54, 1.807) is 55.1 Å². The van der Waals surface area contributed by atoms with Gasteiger partial charge in [-0.3, -0.25) is 9.59 Å². The molecule has 0 fully saturated rings. The van der Waals surface area contributed by atoms with Gasteiger partial charge >= 0.3 is 0 Å². The van der Waals surface area contributed by atoms with Crippen LogP contribution < -0.4 is 24.4 Å². The van der Waals surface area contributed by atoms with Crippen LogP contribution in [0.3, 0.4) is 0 Å². The Bertz CT molecular complexity index is 1280. The van der Waals surface area contributed by atoms with Crippen molar-refractivity contribution in [3.05, 3.63) is 76.3 Å². The van der Waals surface area contributed by atoms with E-state index in [0.29, 0.717) is 46.1 Å². The fraction of sp³-hybridized carbons (Fsp3) is 0.259. The predicted octanol–water partition coefficient (Wildman–Crippen LogP) is 5.90. The third kappa shape index (κ3) is 6.04. The van der Waals surface area contributed by atoms with Crippen molar-refractivity contribution in [3.8, 4) is 17.2 Å². The second-order valence-electron chi connectivity index (χ2n) is 8.42. The third-order valence-corrected chi connectivity index (χ3v) is 6.11. The monoisotopic (exact) mass is 528 g/mol. The molecule has 0 spiro atoms. The van der Waals surface area contributed by atoms with Crippen LogP contribution >= 0.6 is 23.2 Å². The minimum atomic E-state index is -0.837. The lowest BCUT2D eigenvalue weighted by molar-refractivity contribution is -0.125. The number of halogens is 2. The van der Waals surface area contributed by atoms with Crippen LogP contribution in [0.25, 0.3) is 0 Å². The molecule has 3 aromatic carbocycles. The number of carbonyl (C=O) groups is 2.